The lowest BCUT2D eigenvalue weighted by Gasteiger charge is -2.18. The minimum Gasteiger partial charge on any atom is -0.493 e. The molecule has 0 spiro atoms. The summed E-state index contributed by atoms with van der Waals surface area (Å²) < 4.78 is 23.2. The zero-order chi connectivity index (χ0) is 24.1. The van der Waals surface area contributed by atoms with Crippen molar-refractivity contribution in [2.75, 3.05) is 25.7 Å². The van der Waals surface area contributed by atoms with Crippen LogP contribution in [0.4, 0.5) is 11.4 Å². The molecule has 0 fully saturated rings. The van der Waals surface area contributed by atoms with E-state index in [1.165, 1.54) is 0 Å². The summed E-state index contributed by atoms with van der Waals surface area (Å²) in [6.45, 7) is 2.13. The number of nitrogen functional groups attached to an aromatic ring is 2. The first-order valence-corrected chi connectivity index (χ1v) is 10.9. The first kappa shape index (κ1) is 22.9. The van der Waals surface area contributed by atoms with Crippen LogP contribution in [0.1, 0.15) is 24.0 Å². The number of rotatable bonds is 8. The second-order valence-corrected chi connectivity index (χ2v) is 7.88. The summed E-state index contributed by atoms with van der Waals surface area (Å²) in [5.41, 5.74) is 15.0. The Balaban J connectivity index is 1.56. The Morgan fingerprint density at radius 2 is 0.912 bits per heavy atom. The van der Waals surface area contributed by atoms with E-state index in [1.807, 2.05) is 60.7 Å². The van der Waals surface area contributed by atoms with Crippen molar-refractivity contribution >= 4 is 11.4 Å². The van der Waals surface area contributed by atoms with Gasteiger partial charge in [0, 0.05) is 17.3 Å². The van der Waals surface area contributed by atoms with E-state index in [2.05, 4.69) is 6.92 Å². The van der Waals surface area contributed by atoms with E-state index in [4.69, 9.17) is 30.4 Å². The van der Waals surface area contributed by atoms with Crippen LogP contribution in [-0.4, -0.2) is 14.2 Å². The fraction of sp³-hybridized carbons (Fsp3) is 0.143. The van der Waals surface area contributed by atoms with Crippen LogP contribution in [0.2, 0.25) is 0 Å². The zero-order valence-electron chi connectivity index (χ0n) is 19.4. The number of methoxy groups -OCH3 is 2. The van der Waals surface area contributed by atoms with E-state index in [1.54, 1.807) is 38.5 Å². The smallest absolute Gasteiger partial charge is 0.169 e. The summed E-state index contributed by atoms with van der Waals surface area (Å²) in [6, 6.07) is 26.4. The van der Waals surface area contributed by atoms with Crippen molar-refractivity contribution in [2.24, 2.45) is 0 Å². The van der Waals surface area contributed by atoms with Crippen LogP contribution in [0.3, 0.4) is 0 Å². The Morgan fingerprint density at radius 1 is 0.529 bits per heavy atom. The Kier molecular flexibility index (Phi) is 6.78. The van der Waals surface area contributed by atoms with Gasteiger partial charge >= 0.3 is 0 Å². The molecule has 0 bridgehead atoms. The van der Waals surface area contributed by atoms with Gasteiger partial charge in [-0.15, -0.1) is 0 Å². The predicted octanol–water partition coefficient (Wildman–Crippen LogP) is 6.60. The maximum atomic E-state index is 5.99. The van der Waals surface area contributed by atoms with Crippen LogP contribution in [-0.2, 0) is 0 Å². The quantitative estimate of drug-likeness (QED) is 0.290. The molecule has 4 rings (SSSR count). The van der Waals surface area contributed by atoms with Crippen molar-refractivity contribution in [3.63, 3.8) is 0 Å². The molecule has 0 aliphatic rings. The SMILES string of the molecule is COc1cc(C(C)c2ccc(Oc3ccc(N)cc3)c(OC)c2)ccc1Oc1ccc(N)cc1. The summed E-state index contributed by atoms with van der Waals surface area (Å²) in [5, 5.41) is 0. The summed E-state index contributed by atoms with van der Waals surface area (Å²) >= 11 is 0. The van der Waals surface area contributed by atoms with Crippen molar-refractivity contribution in [1.29, 1.82) is 0 Å². The molecule has 4 aromatic rings. The molecule has 34 heavy (non-hydrogen) atoms. The molecule has 174 valence electrons. The summed E-state index contributed by atoms with van der Waals surface area (Å²) in [6.07, 6.45) is 0. The van der Waals surface area contributed by atoms with Gasteiger partial charge in [0.15, 0.2) is 23.0 Å². The Bertz CT molecular complexity index is 1160. The highest BCUT2D eigenvalue weighted by molar-refractivity contribution is 5.52. The van der Waals surface area contributed by atoms with E-state index in [0.717, 1.165) is 11.1 Å². The molecular formula is C28H28N2O4. The van der Waals surface area contributed by atoms with Crippen molar-refractivity contribution in [1.82, 2.24) is 0 Å². The second kappa shape index (κ2) is 10.1. The van der Waals surface area contributed by atoms with Crippen molar-refractivity contribution in [3.05, 3.63) is 96.1 Å². The summed E-state index contributed by atoms with van der Waals surface area (Å²) in [5.74, 6) is 4.03. The van der Waals surface area contributed by atoms with E-state index < -0.39 is 0 Å². The highest BCUT2D eigenvalue weighted by Crippen LogP contribution is 2.39. The molecule has 0 atom stereocenters. The molecular weight excluding hydrogens is 428 g/mol. The van der Waals surface area contributed by atoms with E-state index in [-0.39, 0.29) is 5.92 Å². The number of nitrogens with two attached hydrogens (primary N) is 2. The highest BCUT2D eigenvalue weighted by Gasteiger charge is 2.16. The van der Waals surface area contributed by atoms with Gasteiger partial charge in [-0.3, -0.25) is 0 Å². The topological polar surface area (TPSA) is 89.0 Å². The van der Waals surface area contributed by atoms with Crippen molar-refractivity contribution in [3.8, 4) is 34.5 Å². The third-order valence-electron chi connectivity index (χ3n) is 5.59. The van der Waals surface area contributed by atoms with Gasteiger partial charge in [0.1, 0.15) is 11.5 Å². The monoisotopic (exact) mass is 456 g/mol. The lowest BCUT2D eigenvalue weighted by molar-refractivity contribution is 0.377. The average molecular weight is 457 g/mol. The lowest BCUT2D eigenvalue weighted by Crippen LogP contribution is -2.00. The number of benzene rings is 4. The standard InChI is InChI=1S/C28H28N2O4/c1-18(19-4-14-25(27(16-19)31-2)33-23-10-6-21(29)7-11-23)20-5-15-26(28(17-20)32-3)34-24-12-8-22(30)9-13-24/h4-18H,29-30H2,1-3H3. The normalized spacial score (nSPS) is 10.7. The first-order chi connectivity index (χ1) is 16.5. The second-order valence-electron chi connectivity index (χ2n) is 7.88. The van der Waals surface area contributed by atoms with Crippen LogP contribution in [0.25, 0.3) is 0 Å². The van der Waals surface area contributed by atoms with Crippen LogP contribution in [0.15, 0.2) is 84.9 Å². The molecule has 6 nitrogen and oxygen atoms in total. The fourth-order valence-electron chi connectivity index (χ4n) is 3.59. The van der Waals surface area contributed by atoms with Gasteiger partial charge in [0.25, 0.3) is 0 Å². The molecule has 4 N–H and O–H groups in total. The predicted molar refractivity (Wildman–Crippen MR) is 135 cm³/mol. The first-order valence-electron chi connectivity index (χ1n) is 10.9. The Hall–Kier alpha value is -4.32. The van der Waals surface area contributed by atoms with E-state index in [9.17, 15) is 0 Å². The van der Waals surface area contributed by atoms with Crippen molar-refractivity contribution < 1.29 is 18.9 Å². The fourth-order valence-corrected chi connectivity index (χ4v) is 3.59. The zero-order valence-corrected chi connectivity index (χ0v) is 19.4. The maximum Gasteiger partial charge on any atom is 0.169 e. The molecule has 0 unspecified atom stereocenters. The summed E-state index contributed by atoms with van der Waals surface area (Å²) in [4.78, 5) is 0. The highest BCUT2D eigenvalue weighted by atomic mass is 16.5. The number of hydrogen-bond acceptors (Lipinski definition) is 6. The van der Waals surface area contributed by atoms with Gasteiger partial charge in [-0.2, -0.15) is 0 Å². The minimum atomic E-state index is 0.0824. The van der Waals surface area contributed by atoms with Gasteiger partial charge in [0.05, 0.1) is 14.2 Å². The van der Waals surface area contributed by atoms with Gasteiger partial charge in [-0.05, 0) is 83.9 Å². The van der Waals surface area contributed by atoms with Crippen molar-refractivity contribution in [2.45, 2.75) is 12.8 Å². The molecule has 0 aliphatic carbocycles. The molecule has 0 heterocycles. The largest absolute Gasteiger partial charge is 0.493 e. The van der Waals surface area contributed by atoms with Gasteiger partial charge in [-0.25, -0.2) is 0 Å². The van der Waals surface area contributed by atoms with E-state index >= 15 is 0 Å². The molecule has 4 aromatic carbocycles. The van der Waals surface area contributed by atoms with Crippen LogP contribution < -0.4 is 30.4 Å². The maximum absolute atomic E-state index is 5.99. The summed E-state index contributed by atoms with van der Waals surface area (Å²) in [7, 11) is 3.26. The van der Waals surface area contributed by atoms with Gasteiger partial charge in [0.2, 0.25) is 0 Å². The molecule has 6 heteroatoms. The Morgan fingerprint density at radius 3 is 1.26 bits per heavy atom. The van der Waals surface area contributed by atoms with Crippen LogP contribution in [0.5, 0.6) is 34.5 Å². The van der Waals surface area contributed by atoms with Gasteiger partial charge < -0.3 is 30.4 Å². The number of ether oxygens (including phenoxy) is 4. The third kappa shape index (κ3) is 5.18. The van der Waals surface area contributed by atoms with Crippen LogP contribution in [0, 0.1) is 0 Å². The number of hydrogen-bond donors (Lipinski definition) is 2. The molecule has 0 radical (unpaired) electrons. The molecule has 0 saturated heterocycles. The van der Waals surface area contributed by atoms with Crippen LogP contribution >= 0.6 is 0 Å². The molecule has 0 aromatic heterocycles. The van der Waals surface area contributed by atoms with E-state index in [0.29, 0.717) is 45.9 Å². The number of anilines is 2. The third-order valence-corrected chi connectivity index (χ3v) is 5.59. The molecule has 0 aliphatic heterocycles. The lowest BCUT2D eigenvalue weighted by atomic mass is 9.92. The molecule has 0 amide bonds. The Labute approximate surface area is 199 Å². The average Bonchev–Trinajstić information content (AvgIpc) is 2.86. The van der Waals surface area contributed by atoms with Gasteiger partial charge in [-0.1, -0.05) is 19.1 Å². The molecule has 0 saturated carbocycles. The minimum absolute atomic E-state index is 0.0824.